The molecule has 2 N–H and O–H groups in total. The number of aliphatic hydroxyl groups excluding tert-OH is 1. The Morgan fingerprint density at radius 3 is 2.64 bits per heavy atom. The standard InChI is InChI=1S/C11H23NOS/c1-12-11(9-14-8-7-13)10-5-3-2-4-6-10/h10-13H,2-9H2,1H3. The quantitative estimate of drug-likeness (QED) is 0.666. The first-order valence-corrected chi connectivity index (χ1v) is 6.90. The molecule has 0 aromatic rings. The fourth-order valence-electron chi connectivity index (χ4n) is 2.27. The maximum Gasteiger partial charge on any atom is 0.0521 e. The maximum absolute atomic E-state index is 8.72. The molecule has 1 fully saturated rings. The van der Waals surface area contributed by atoms with Crippen molar-refractivity contribution in [1.82, 2.24) is 5.32 Å². The van der Waals surface area contributed by atoms with Gasteiger partial charge in [-0.05, 0) is 25.8 Å². The third kappa shape index (κ3) is 4.20. The molecule has 2 nitrogen and oxygen atoms in total. The largest absolute Gasteiger partial charge is 0.396 e. The van der Waals surface area contributed by atoms with Gasteiger partial charge in [-0.2, -0.15) is 11.8 Å². The van der Waals surface area contributed by atoms with E-state index < -0.39 is 0 Å². The van der Waals surface area contributed by atoms with Crippen LogP contribution in [0, 0.1) is 5.92 Å². The second-order valence-electron chi connectivity index (χ2n) is 4.09. The third-order valence-electron chi connectivity index (χ3n) is 3.12. The average Bonchev–Trinajstić information content (AvgIpc) is 2.26. The summed E-state index contributed by atoms with van der Waals surface area (Å²) in [6.07, 6.45) is 7.04. The van der Waals surface area contributed by atoms with Crippen molar-refractivity contribution in [3.8, 4) is 0 Å². The molecule has 1 aliphatic rings. The van der Waals surface area contributed by atoms with E-state index in [2.05, 4.69) is 12.4 Å². The summed E-state index contributed by atoms with van der Waals surface area (Å²) in [5, 5.41) is 12.1. The van der Waals surface area contributed by atoms with Gasteiger partial charge in [0.1, 0.15) is 0 Å². The van der Waals surface area contributed by atoms with Crippen LogP contribution in [0.2, 0.25) is 0 Å². The van der Waals surface area contributed by atoms with Gasteiger partial charge in [0.2, 0.25) is 0 Å². The zero-order valence-electron chi connectivity index (χ0n) is 9.17. The average molecular weight is 217 g/mol. The van der Waals surface area contributed by atoms with Crippen LogP contribution in [0.3, 0.4) is 0 Å². The Morgan fingerprint density at radius 2 is 2.07 bits per heavy atom. The first-order valence-electron chi connectivity index (χ1n) is 5.74. The van der Waals surface area contributed by atoms with E-state index in [-0.39, 0.29) is 0 Å². The van der Waals surface area contributed by atoms with Gasteiger partial charge in [-0.15, -0.1) is 0 Å². The van der Waals surface area contributed by atoms with E-state index in [1.54, 1.807) is 0 Å². The molecule has 1 aliphatic carbocycles. The first kappa shape index (κ1) is 12.3. The summed E-state index contributed by atoms with van der Waals surface area (Å²) >= 11 is 1.87. The Hall–Kier alpha value is 0.270. The summed E-state index contributed by atoms with van der Waals surface area (Å²) in [7, 11) is 2.07. The molecule has 0 amide bonds. The van der Waals surface area contributed by atoms with E-state index in [1.165, 1.54) is 32.1 Å². The molecule has 0 spiro atoms. The van der Waals surface area contributed by atoms with Crippen LogP contribution in [-0.4, -0.2) is 36.3 Å². The minimum absolute atomic E-state index is 0.311. The van der Waals surface area contributed by atoms with Gasteiger partial charge in [0.25, 0.3) is 0 Å². The molecule has 14 heavy (non-hydrogen) atoms. The zero-order valence-corrected chi connectivity index (χ0v) is 9.98. The molecule has 0 bridgehead atoms. The molecule has 0 heterocycles. The topological polar surface area (TPSA) is 32.3 Å². The van der Waals surface area contributed by atoms with Crippen LogP contribution in [0.25, 0.3) is 0 Å². The number of hydrogen-bond donors (Lipinski definition) is 2. The van der Waals surface area contributed by atoms with Crippen molar-refractivity contribution >= 4 is 11.8 Å². The molecule has 1 atom stereocenters. The van der Waals surface area contributed by atoms with Crippen molar-refractivity contribution in [3.05, 3.63) is 0 Å². The molecule has 0 saturated heterocycles. The third-order valence-corrected chi connectivity index (χ3v) is 4.19. The van der Waals surface area contributed by atoms with Gasteiger partial charge in [-0.1, -0.05) is 19.3 Å². The van der Waals surface area contributed by atoms with Crippen LogP contribution >= 0.6 is 11.8 Å². The molecule has 84 valence electrons. The molecule has 3 heteroatoms. The molecular formula is C11H23NOS. The van der Waals surface area contributed by atoms with Gasteiger partial charge >= 0.3 is 0 Å². The molecule has 0 aliphatic heterocycles. The summed E-state index contributed by atoms with van der Waals surface area (Å²) in [4.78, 5) is 0. The number of hydrogen-bond acceptors (Lipinski definition) is 3. The number of aliphatic hydroxyl groups is 1. The summed E-state index contributed by atoms with van der Waals surface area (Å²) in [5.41, 5.74) is 0. The number of thioether (sulfide) groups is 1. The van der Waals surface area contributed by atoms with Gasteiger partial charge in [-0.3, -0.25) is 0 Å². The highest BCUT2D eigenvalue weighted by Crippen LogP contribution is 2.27. The second-order valence-corrected chi connectivity index (χ2v) is 5.24. The van der Waals surface area contributed by atoms with Crippen molar-refractivity contribution in [2.45, 2.75) is 38.1 Å². The Morgan fingerprint density at radius 1 is 1.36 bits per heavy atom. The number of nitrogens with one attached hydrogen (secondary N) is 1. The fourth-order valence-corrected chi connectivity index (χ4v) is 3.26. The lowest BCUT2D eigenvalue weighted by Gasteiger charge is -2.29. The van der Waals surface area contributed by atoms with Crippen molar-refractivity contribution in [3.63, 3.8) is 0 Å². The minimum Gasteiger partial charge on any atom is -0.396 e. The normalized spacial score (nSPS) is 21.0. The van der Waals surface area contributed by atoms with E-state index in [1.807, 2.05) is 11.8 Å². The highest BCUT2D eigenvalue weighted by Gasteiger charge is 2.21. The van der Waals surface area contributed by atoms with Gasteiger partial charge in [-0.25, -0.2) is 0 Å². The van der Waals surface area contributed by atoms with Crippen LogP contribution in [0.4, 0.5) is 0 Å². The molecule has 1 unspecified atom stereocenters. The monoisotopic (exact) mass is 217 g/mol. The van der Waals surface area contributed by atoms with Crippen LogP contribution < -0.4 is 5.32 Å². The van der Waals surface area contributed by atoms with Gasteiger partial charge in [0.15, 0.2) is 0 Å². The molecule has 0 aromatic carbocycles. The van der Waals surface area contributed by atoms with Crippen LogP contribution in [0.5, 0.6) is 0 Å². The van der Waals surface area contributed by atoms with E-state index in [0.717, 1.165) is 17.4 Å². The Labute approximate surface area is 91.9 Å². The van der Waals surface area contributed by atoms with E-state index in [9.17, 15) is 0 Å². The second kappa shape index (κ2) is 7.55. The predicted molar refractivity (Wildman–Crippen MR) is 63.8 cm³/mol. The summed E-state index contributed by atoms with van der Waals surface area (Å²) in [5.74, 6) is 2.91. The van der Waals surface area contributed by atoms with Crippen molar-refractivity contribution in [2.24, 2.45) is 5.92 Å². The predicted octanol–water partition coefficient (Wildman–Crippen LogP) is 1.88. The molecule has 1 rings (SSSR count). The van der Waals surface area contributed by atoms with E-state index in [0.29, 0.717) is 12.6 Å². The Bertz CT molecular complexity index is 137. The van der Waals surface area contributed by atoms with Crippen LogP contribution in [0.1, 0.15) is 32.1 Å². The van der Waals surface area contributed by atoms with Crippen molar-refractivity contribution in [2.75, 3.05) is 25.2 Å². The lowest BCUT2D eigenvalue weighted by molar-refractivity contribution is 0.294. The molecule has 0 radical (unpaired) electrons. The van der Waals surface area contributed by atoms with Crippen LogP contribution in [-0.2, 0) is 0 Å². The number of rotatable bonds is 6. The summed E-state index contributed by atoms with van der Waals surface area (Å²) in [6, 6.07) is 0.659. The van der Waals surface area contributed by atoms with Crippen molar-refractivity contribution < 1.29 is 5.11 Å². The first-order chi connectivity index (χ1) is 6.88. The fraction of sp³-hybridized carbons (Fsp3) is 1.00. The Kier molecular flexibility index (Phi) is 6.65. The smallest absolute Gasteiger partial charge is 0.0521 e. The van der Waals surface area contributed by atoms with Crippen molar-refractivity contribution in [1.29, 1.82) is 0 Å². The lowest BCUT2D eigenvalue weighted by atomic mass is 9.84. The van der Waals surface area contributed by atoms with E-state index >= 15 is 0 Å². The van der Waals surface area contributed by atoms with Gasteiger partial charge in [0, 0.05) is 17.5 Å². The Balaban J connectivity index is 2.21. The minimum atomic E-state index is 0.311. The molecular weight excluding hydrogens is 194 g/mol. The maximum atomic E-state index is 8.72. The van der Waals surface area contributed by atoms with Crippen LogP contribution in [0.15, 0.2) is 0 Å². The summed E-state index contributed by atoms with van der Waals surface area (Å²) in [6.45, 7) is 0.311. The van der Waals surface area contributed by atoms with Gasteiger partial charge in [0.05, 0.1) is 6.61 Å². The zero-order chi connectivity index (χ0) is 10.2. The highest BCUT2D eigenvalue weighted by molar-refractivity contribution is 7.99. The highest BCUT2D eigenvalue weighted by atomic mass is 32.2. The molecule has 1 saturated carbocycles. The molecule has 0 aromatic heterocycles. The van der Waals surface area contributed by atoms with E-state index in [4.69, 9.17) is 5.11 Å². The van der Waals surface area contributed by atoms with Gasteiger partial charge < -0.3 is 10.4 Å². The summed E-state index contributed by atoms with van der Waals surface area (Å²) < 4.78 is 0. The SMILES string of the molecule is CNC(CSCCO)C1CCCCC1. The lowest BCUT2D eigenvalue weighted by Crippen LogP contribution is -2.37.